The first-order valence-electron chi connectivity index (χ1n) is 7.78. The van der Waals surface area contributed by atoms with Crippen LogP contribution in [-0.2, 0) is 6.42 Å². The molecule has 3 rings (SSSR count). The summed E-state index contributed by atoms with van der Waals surface area (Å²) in [6.07, 6.45) is 2.28. The van der Waals surface area contributed by atoms with E-state index in [0.717, 1.165) is 35.7 Å². The lowest BCUT2D eigenvalue weighted by molar-refractivity contribution is 0.474. The summed E-state index contributed by atoms with van der Waals surface area (Å²) in [5, 5.41) is 0. The van der Waals surface area contributed by atoms with Gasteiger partial charge in [-0.1, -0.05) is 39.3 Å². The van der Waals surface area contributed by atoms with Gasteiger partial charge in [0.25, 0.3) is 0 Å². The molecule has 1 aliphatic heterocycles. The van der Waals surface area contributed by atoms with Crippen molar-refractivity contribution in [3.63, 3.8) is 0 Å². The molecule has 2 aromatic rings. The number of anilines is 2. The first kappa shape index (κ1) is 14.0. The minimum Gasteiger partial charge on any atom is -0.453 e. The summed E-state index contributed by atoms with van der Waals surface area (Å²) < 4.78 is 6.13. The predicted octanol–water partition coefficient (Wildman–Crippen LogP) is 5.64. The van der Waals surface area contributed by atoms with Crippen LogP contribution in [0.4, 0.5) is 11.4 Å². The molecule has 0 saturated heterocycles. The maximum absolute atomic E-state index is 6.13. The average Bonchev–Trinajstić information content (AvgIpc) is 2.48. The summed E-state index contributed by atoms with van der Waals surface area (Å²) in [4.78, 5) is 2.23. The third kappa shape index (κ3) is 2.51. The number of hydrogen-bond acceptors (Lipinski definition) is 2. The van der Waals surface area contributed by atoms with Gasteiger partial charge in [-0.25, -0.2) is 0 Å². The zero-order valence-corrected chi connectivity index (χ0v) is 13.3. The Kier molecular flexibility index (Phi) is 3.62. The standard InChI is InChI=1S/C19H23NO/c1-5-6-14-7-10-18-17(11-14)20(4)16-9-8-15(13(2)3)12-19(16)21-18/h7-13H,5-6H2,1-4H3. The average molecular weight is 281 g/mol. The van der Waals surface area contributed by atoms with Gasteiger partial charge in [0.05, 0.1) is 11.4 Å². The summed E-state index contributed by atoms with van der Waals surface area (Å²) in [5.41, 5.74) is 4.98. The zero-order chi connectivity index (χ0) is 15.0. The van der Waals surface area contributed by atoms with Crippen molar-refractivity contribution in [1.29, 1.82) is 0 Å². The number of hydrogen-bond donors (Lipinski definition) is 0. The molecule has 0 saturated carbocycles. The fourth-order valence-electron chi connectivity index (χ4n) is 2.85. The second-order valence-electron chi connectivity index (χ2n) is 6.10. The van der Waals surface area contributed by atoms with E-state index in [9.17, 15) is 0 Å². The van der Waals surface area contributed by atoms with Crippen LogP contribution in [0.3, 0.4) is 0 Å². The van der Waals surface area contributed by atoms with E-state index < -0.39 is 0 Å². The molecule has 2 aromatic carbocycles. The zero-order valence-electron chi connectivity index (χ0n) is 13.3. The molecular formula is C19H23NO. The molecule has 0 radical (unpaired) electrons. The molecule has 2 nitrogen and oxygen atoms in total. The quantitative estimate of drug-likeness (QED) is 0.722. The van der Waals surface area contributed by atoms with Crippen molar-refractivity contribution in [2.24, 2.45) is 0 Å². The number of nitrogens with zero attached hydrogens (tertiary/aromatic N) is 1. The van der Waals surface area contributed by atoms with Gasteiger partial charge in [-0.2, -0.15) is 0 Å². The highest BCUT2D eigenvalue weighted by Gasteiger charge is 2.22. The third-order valence-electron chi connectivity index (χ3n) is 4.16. The molecule has 21 heavy (non-hydrogen) atoms. The van der Waals surface area contributed by atoms with Crippen LogP contribution in [0.2, 0.25) is 0 Å². The second kappa shape index (κ2) is 5.44. The van der Waals surface area contributed by atoms with Crippen LogP contribution in [0, 0.1) is 0 Å². The smallest absolute Gasteiger partial charge is 0.151 e. The van der Waals surface area contributed by atoms with Crippen molar-refractivity contribution in [3.05, 3.63) is 47.5 Å². The summed E-state index contributed by atoms with van der Waals surface area (Å²) in [6, 6.07) is 13.1. The minimum absolute atomic E-state index is 0.512. The molecular weight excluding hydrogens is 258 g/mol. The Hall–Kier alpha value is -1.96. The van der Waals surface area contributed by atoms with Crippen molar-refractivity contribution in [3.8, 4) is 11.5 Å². The van der Waals surface area contributed by atoms with Crippen molar-refractivity contribution in [1.82, 2.24) is 0 Å². The topological polar surface area (TPSA) is 12.5 Å². The molecule has 0 bridgehead atoms. The molecule has 0 aliphatic carbocycles. The van der Waals surface area contributed by atoms with Crippen molar-refractivity contribution < 1.29 is 4.74 Å². The number of rotatable bonds is 3. The van der Waals surface area contributed by atoms with Gasteiger partial charge in [0.1, 0.15) is 0 Å². The summed E-state index contributed by atoms with van der Waals surface area (Å²) in [6.45, 7) is 6.63. The van der Waals surface area contributed by atoms with Gasteiger partial charge < -0.3 is 9.64 Å². The molecule has 0 spiro atoms. The Morgan fingerprint density at radius 2 is 1.81 bits per heavy atom. The van der Waals surface area contributed by atoms with Crippen molar-refractivity contribution in [2.45, 2.75) is 39.5 Å². The summed E-state index contributed by atoms with van der Waals surface area (Å²) in [5.74, 6) is 2.42. The monoisotopic (exact) mass is 281 g/mol. The van der Waals surface area contributed by atoms with Crippen molar-refractivity contribution >= 4 is 11.4 Å². The van der Waals surface area contributed by atoms with Crippen LogP contribution in [0.15, 0.2) is 36.4 Å². The van der Waals surface area contributed by atoms with E-state index in [1.807, 2.05) is 0 Å². The first-order chi connectivity index (χ1) is 10.1. The molecule has 0 amide bonds. The fraction of sp³-hybridized carbons (Fsp3) is 0.368. The van der Waals surface area contributed by atoms with Crippen LogP contribution >= 0.6 is 0 Å². The van der Waals surface area contributed by atoms with Gasteiger partial charge in [-0.15, -0.1) is 0 Å². The van der Waals surface area contributed by atoms with E-state index in [4.69, 9.17) is 4.74 Å². The SMILES string of the molecule is CCCc1ccc2c(c1)N(C)c1ccc(C(C)C)cc1O2. The summed E-state index contributed by atoms with van der Waals surface area (Å²) >= 11 is 0. The minimum atomic E-state index is 0.512. The van der Waals surface area contributed by atoms with E-state index in [1.54, 1.807) is 0 Å². The highest BCUT2D eigenvalue weighted by molar-refractivity contribution is 5.78. The van der Waals surface area contributed by atoms with Crippen molar-refractivity contribution in [2.75, 3.05) is 11.9 Å². The van der Waals surface area contributed by atoms with Crippen LogP contribution in [-0.4, -0.2) is 7.05 Å². The van der Waals surface area contributed by atoms with Gasteiger partial charge in [0.15, 0.2) is 11.5 Å². The Bertz CT molecular complexity index is 661. The number of fused-ring (bicyclic) bond motifs is 2. The number of ether oxygens (including phenoxy) is 1. The molecule has 0 atom stereocenters. The molecule has 0 unspecified atom stereocenters. The van der Waals surface area contributed by atoms with Gasteiger partial charge in [-0.3, -0.25) is 0 Å². The third-order valence-corrected chi connectivity index (χ3v) is 4.16. The Morgan fingerprint density at radius 1 is 1.00 bits per heavy atom. The lowest BCUT2D eigenvalue weighted by Crippen LogP contribution is -2.16. The maximum Gasteiger partial charge on any atom is 0.151 e. The highest BCUT2D eigenvalue weighted by atomic mass is 16.5. The Morgan fingerprint density at radius 3 is 2.52 bits per heavy atom. The Labute approximate surface area is 127 Å². The molecule has 2 heteroatoms. The summed E-state index contributed by atoms with van der Waals surface area (Å²) in [7, 11) is 2.12. The van der Waals surface area contributed by atoms with E-state index in [-0.39, 0.29) is 0 Å². The molecule has 1 heterocycles. The van der Waals surface area contributed by atoms with E-state index in [0.29, 0.717) is 5.92 Å². The van der Waals surface area contributed by atoms with Gasteiger partial charge in [0, 0.05) is 7.05 Å². The van der Waals surface area contributed by atoms with E-state index >= 15 is 0 Å². The van der Waals surface area contributed by atoms with Crippen LogP contribution in [0.25, 0.3) is 0 Å². The maximum atomic E-state index is 6.13. The molecule has 0 aromatic heterocycles. The molecule has 110 valence electrons. The Balaban J connectivity index is 2.01. The van der Waals surface area contributed by atoms with Gasteiger partial charge in [-0.05, 0) is 47.7 Å². The largest absolute Gasteiger partial charge is 0.453 e. The van der Waals surface area contributed by atoms with E-state index in [2.05, 4.69) is 69.1 Å². The molecule has 0 N–H and O–H groups in total. The van der Waals surface area contributed by atoms with Gasteiger partial charge >= 0.3 is 0 Å². The lowest BCUT2D eigenvalue weighted by Gasteiger charge is -2.30. The van der Waals surface area contributed by atoms with Gasteiger partial charge in [0.2, 0.25) is 0 Å². The molecule has 1 aliphatic rings. The number of aryl methyl sites for hydroxylation is 1. The van der Waals surface area contributed by atoms with Crippen LogP contribution in [0.5, 0.6) is 11.5 Å². The normalized spacial score (nSPS) is 12.9. The van der Waals surface area contributed by atoms with Crippen LogP contribution < -0.4 is 9.64 Å². The highest BCUT2D eigenvalue weighted by Crippen LogP contribution is 2.46. The lowest BCUT2D eigenvalue weighted by atomic mass is 10.0. The number of benzene rings is 2. The first-order valence-corrected chi connectivity index (χ1v) is 7.78. The predicted molar refractivity (Wildman–Crippen MR) is 89.1 cm³/mol. The van der Waals surface area contributed by atoms with E-state index in [1.165, 1.54) is 11.1 Å². The molecule has 0 fully saturated rings. The second-order valence-corrected chi connectivity index (χ2v) is 6.10. The fourth-order valence-corrected chi connectivity index (χ4v) is 2.85. The van der Waals surface area contributed by atoms with Crippen LogP contribution in [0.1, 0.15) is 44.2 Å².